The number of aliphatic hydroxyl groups is 1. The number of methoxy groups -OCH3 is 1. The van der Waals surface area contributed by atoms with Crippen LogP contribution in [-0.4, -0.2) is 60.6 Å². The Kier molecular flexibility index (Phi) is 11.6. The predicted molar refractivity (Wildman–Crippen MR) is 128 cm³/mol. The van der Waals surface area contributed by atoms with Crippen LogP contribution in [0.15, 0.2) is 42.5 Å². The van der Waals surface area contributed by atoms with Gasteiger partial charge in [-0.05, 0) is 36.6 Å². The molecule has 3 unspecified atom stereocenters. The zero-order chi connectivity index (χ0) is 28.3. The molecule has 0 spiro atoms. The van der Waals surface area contributed by atoms with Crippen molar-refractivity contribution in [3.63, 3.8) is 0 Å². The summed E-state index contributed by atoms with van der Waals surface area (Å²) >= 11 is 0. The Morgan fingerprint density at radius 1 is 1.08 bits per heavy atom. The van der Waals surface area contributed by atoms with Gasteiger partial charge in [-0.3, -0.25) is 4.57 Å². The van der Waals surface area contributed by atoms with Crippen molar-refractivity contribution in [2.75, 3.05) is 26.5 Å². The number of rotatable bonds is 13. The summed E-state index contributed by atoms with van der Waals surface area (Å²) in [6.45, 7) is 0.682. The molecule has 0 aromatic heterocycles. The summed E-state index contributed by atoms with van der Waals surface area (Å²) in [7, 11) is -3.57. The number of ether oxygens (including phenoxy) is 4. The molecule has 0 heterocycles. The van der Waals surface area contributed by atoms with Crippen LogP contribution < -0.4 is 10.1 Å². The molecule has 3 N–H and O–H groups in total. The van der Waals surface area contributed by atoms with Gasteiger partial charge >= 0.3 is 18.0 Å². The summed E-state index contributed by atoms with van der Waals surface area (Å²) in [5.74, 6) is -7.67. The van der Waals surface area contributed by atoms with Crippen molar-refractivity contribution in [3.05, 3.63) is 65.2 Å². The van der Waals surface area contributed by atoms with Crippen LogP contribution in [-0.2, 0) is 35.0 Å². The fourth-order valence-electron chi connectivity index (χ4n) is 3.17. The van der Waals surface area contributed by atoms with Crippen LogP contribution in [0, 0.1) is 11.6 Å². The lowest BCUT2D eigenvalue weighted by Gasteiger charge is -2.22. The lowest BCUT2D eigenvalue weighted by Crippen LogP contribution is -2.42. The SMILES string of the molecule is CCOC(=O)COc1c(F)cc(C(O)P(=O)(O)CCC(NC(=O)OCc2ccccc2)C(=O)OC)cc1F. The maximum atomic E-state index is 14.4. The number of hydrogen-bond donors (Lipinski definition) is 3. The predicted octanol–water partition coefficient (Wildman–Crippen LogP) is 3.03. The lowest BCUT2D eigenvalue weighted by atomic mass is 10.2. The zero-order valence-corrected chi connectivity index (χ0v) is 21.5. The molecule has 2 rings (SSSR count). The Morgan fingerprint density at radius 3 is 2.29 bits per heavy atom. The molecular formula is C24H28F2NO10P. The van der Waals surface area contributed by atoms with E-state index in [-0.39, 0.29) is 13.2 Å². The fourth-order valence-corrected chi connectivity index (χ4v) is 4.66. The zero-order valence-electron chi connectivity index (χ0n) is 20.6. The topological polar surface area (TPSA) is 158 Å². The van der Waals surface area contributed by atoms with Gasteiger partial charge in [0, 0.05) is 6.16 Å². The summed E-state index contributed by atoms with van der Waals surface area (Å²) in [5.41, 5.74) is 0.0937. The molecule has 0 aliphatic heterocycles. The summed E-state index contributed by atoms with van der Waals surface area (Å²) in [6, 6.07) is 8.40. The van der Waals surface area contributed by atoms with Crippen LogP contribution in [0.25, 0.3) is 0 Å². The number of halogens is 2. The lowest BCUT2D eigenvalue weighted by molar-refractivity contribution is -0.145. The minimum absolute atomic E-state index is 0.0330. The third-order valence-corrected chi connectivity index (χ3v) is 7.03. The molecule has 11 nitrogen and oxygen atoms in total. The summed E-state index contributed by atoms with van der Waals surface area (Å²) in [6.07, 6.45) is -2.21. The maximum absolute atomic E-state index is 14.4. The number of benzene rings is 2. The van der Waals surface area contributed by atoms with E-state index in [4.69, 9.17) is 9.47 Å². The Balaban J connectivity index is 2.04. The van der Waals surface area contributed by atoms with E-state index >= 15 is 0 Å². The highest BCUT2D eigenvalue weighted by atomic mass is 31.2. The van der Waals surface area contributed by atoms with Gasteiger partial charge < -0.3 is 34.3 Å². The summed E-state index contributed by atoms with van der Waals surface area (Å²) < 4.78 is 60.5. The number of carbonyl (C=O) groups excluding carboxylic acids is 3. The molecule has 208 valence electrons. The molecule has 0 radical (unpaired) electrons. The first kappa shape index (κ1) is 30.7. The van der Waals surface area contributed by atoms with Gasteiger partial charge in [0.25, 0.3) is 0 Å². The van der Waals surface area contributed by atoms with Gasteiger partial charge in [-0.2, -0.15) is 0 Å². The van der Waals surface area contributed by atoms with Gasteiger partial charge in [-0.15, -0.1) is 0 Å². The molecule has 0 saturated heterocycles. The fraction of sp³-hybridized carbons (Fsp3) is 0.375. The van der Waals surface area contributed by atoms with Crippen LogP contribution in [0.1, 0.15) is 30.3 Å². The van der Waals surface area contributed by atoms with Gasteiger partial charge in [-0.1, -0.05) is 30.3 Å². The van der Waals surface area contributed by atoms with Crippen molar-refractivity contribution < 1.29 is 56.7 Å². The average molecular weight is 559 g/mol. The molecule has 0 fully saturated rings. The van der Waals surface area contributed by atoms with Gasteiger partial charge in [0.1, 0.15) is 12.6 Å². The highest BCUT2D eigenvalue weighted by Gasteiger charge is 2.34. The number of hydrogen-bond acceptors (Lipinski definition) is 9. The molecule has 1 amide bonds. The van der Waals surface area contributed by atoms with E-state index in [1.54, 1.807) is 30.3 Å². The highest BCUT2D eigenvalue weighted by Crippen LogP contribution is 2.55. The number of nitrogens with one attached hydrogen (secondary N) is 1. The van der Waals surface area contributed by atoms with E-state index in [0.29, 0.717) is 17.7 Å². The van der Waals surface area contributed by atoms with Crippen molar-refractivity contribution >= 4 is 25.4 Å². The largest absolute Gasteiger partial charge is 0.476 e. The minimum atomic E-state index is -4.60. The molecule has 0 aliphatic rings. The smallest absolute Gasteiger partial charge is 0.408 e. The molecule has 2 aromatic carbocycles. The van der Waals surface area contributed by atoms with Crippen LogP contribution >= 0.6 is 7.37 Å². The second-order valence-corrected chi connectivity index (χ2v) is 10.3. The van der Waals surface area contributed by atoms with Crippen molar-refractivity contribution in [3.8, 4) is 5.75 Å². The first-order chi connectivity index (χ1) is 18.0. The second-order valence-electron chi connectivity index (χ2n) is 7.83. The van der Waals surface area contributed by atoms with Crippen molar-refractivity contribution in [1.82, 2.24) is 5.32 Å². The number of alkyl carbamates (subject to hydrolysis) is 1. The molecule has 0 saturated carbocycles. The van der Waals surface area contributed by atoms with Crippen LogP contribution in [0.3, 0.4) is 0 Å². The van der Waals surface area contributed by atoms with E-state index < -0.39 is 79.4 Å². The molecule has 2 aromatic rings. The second kappa shape index (κ2) is 14.4. The molecule has 0 bridgehead atoms. The summed E-state index contributed by atoms with van der Waals surface area (Å²) in [5, 5.41) is 12.6. The van der Waals surface area contributed by atoms with Gasteiger partial charge in [-0.25, -0.2) is 23.2 Å². The Bertz CT molecular complexity index is 1140. The van der Waals surface area contributed by atoms with Crippen molar-refractivity contribution in [1.29, 1.82) is 0 Å². The van der Waals surface area contributed by atoms with Crippen LogP contribution in [0.4, 0.5) is 13.6 Å². The molecule has 38 heavy (non-hydrogen) atoms. The van der Waals surface area contributed by atoms with Gasteiger partial charge in [0.05, 0.1) is 13.7 Å². The van der Waals surface area contributed by atoms with E-state index in [9.17, 15) is 37.7 Å². The van der Waals surface area contributed by atoms with E-state index in [1.165, 1.54) is 6.92 Å². The maximum Gasteiger partial charge on any atom is 0.408 e. The van der Waals surface area contributed by atoms with Crippen LogP contribution in [0.5, 0.6) is 5.75 Å². The third-order valence-electron chi connectivity index (χ3n) is 5.07. The van der Waals surface area contributed by atoms with Gasteiger partial charge in [0.15, 0.2) is 29.8 Å². The van der Waals surface area contributed by atoms with E-state index in [1.807, 2.05) is 0 Å². The van der Waals surface area contributed by atoms with Crippen LogP contribution in [0.2, 0.25) is 0 Å². The third kappa shape index (κ3) is 9.09. The van der Waals surface area contributed by atoms with Crippen molar-refractivity contribution in [2.45, 2.75) is 31.8 Å². The monoisotopic (exact) mass is 559 g/mol. The van der Waals surface area contributed by atoms with E-state index in [2.05, 4.69) is 14.8 Å². The number of amides is 1. The normalized spacial score (nSPS) is 13.9. The van der Waals surface area contributed by atoms with Crippen molar-refractivity contribution in [2.24, 2.45) is 0 Å². The minimum Gasteiger partial charge on any atom is -0.476 e. The molecule has 0 aliphatic carbocycles. The number of esters is 2. The van der Waals surface area contributed by atoms with Gasteiger partial charge in [0.2, 0.25) is 7.37 Å². The Labute approximate surface area is 217 Å². The summed E-state index contributed by atoms with van der Waals surface area (Å²) in [4.78, 5) is 45.9. The first-order valence-electron chi connectivity index (χ1n) is 11.3. The standard InChI is InChI=1S/C24H28F2NO10P/c1-3-35-20(28)14-36-21-17(25)11-16(12-18(21)26)23(30)38(32,33)10-9-19(22(29)34-2)27-24(31)37-13-15-7-5-4-6-8-15/h4-8,11-12,19,23,30H,3,9-10,13-14H2,1-2H3,(H,27,31)(H,32,33). The number of carbonyl (C=O) groups is 3. The molecule has 3 atom stereocenters. The Morgan fingerprint density at radius 2 is 1.71 bits per heavy atom. The highest BCUT2D eigenvalue weighted by molar-refractivity contribution is 7.58. The quantitative estimate of drug-likeness (QED) is 0.189. The first-order valence-corrected chi connectivity index (χ1v) is 13.2. The Hall–Kier alpha value is -3.54. The molecule has 14 heteroatoms. The number of aliphatic hydroxyl groups excluding tert-OH is 1. The van der Waals surface area contributed by atoms with E-state index in [0.717, 1.165) is 7.11 Å². The molecular weight excluding hydrogens is 531 g/mol. The average Bonchev–Trinajstić information content (AvgIpc) is 2.89.